The summed E-state index contributed by atoms with van der Waals surface area (Å²) in [4.78, 5) is 23.2. The number of hydrogen-bond acceptors (Lipinski definition) is 6. The van der Waals surface area contributed by atoms with Crippen molar-refractivity contribution in [3.63, 3.8) is 0 Å². The molecule has 0 fully saturated rings. The first-order chi connectivity index (χ1) is 17.0. The van der Waals surface area contributed by atoms with E-state index in [0.717, 1.165) is 22.4 Å². The van der Waals surface area contributed by atoms with E-state index in [-0.39, 0.29) is 16.8 Å². The zero-order valence-corrected chi connectivity index (χ0v) is 18.8. The van der Waals surface area contributed by atoms with Gasteiger partial charge in [-0.15, -0.1) is 0 Å². The van der Waals surface area contributed by atoms with Gasteiger partial charge in [-0.05, 0) is 40.1 Å². The van der Waals surface area contributed by atoms with Crippen LogP contribution in [0.25, 0.3) is 16.8 Å². The third-order valence-electron chi connectivity index (χ3n) is 5.45. The molecule has 4 aromatic rings. The summed E-state index contributed by atoms with van der Waals surface area (Å²) in [5.74, 6) is 0.353. The first kappa shape index (κ1) is 23.2. The highest BCUT2D eigenvalue weighted by Crippen LogP contribution is 2.31. The molecule has 0 aromatic heterocycles. The molecule has 4 rings (SSSR count). The van der Waals surface area contributed by atoms with Gasteiger partial charge < -0.3 is 9.47 Å². The Kier molecular flexibility index (Phi) is 6.84. The standard InChI is InChI=1S/C28H20N2O5/c1-34-27-15-19(14-23(17-29)28(31)21-8-5-10-24(16-21)30(32)33)12-13-26(27)35-18-22-9-4-7-20-6-2-3-11-25(20)22/h2-16H,18H2,1H3/b23-14+. The van der Waals surface area contributed by atoms with Gasteiger partial charge in [0, 0.05) is 17.7 Å². The van der Waals surface area contributed by atoms with Gasteiger partial charge in [-0.3, -0.25) is 14.9 Å². The summed E-state index contributed by atoms with van der Waals surface area (Å²) >= 11 is 0. The molecule has 7 heteroatoms. The van der Waals surface area contributed by atoms with Crippen LogP contribution in [0.3, 0.4) is 0 Å². The van der Waals surface area contributed by atoms with Crippen molar-refractivity contribution in [2.75, 3.05) is 7.11 Å². The summed E-state index contributed by atoms with van der Waals surface area (Å²) in [5.41, 5.74) is 1.27. The van der Waals surface area contributed by atoms with Crippen molar-refractivity contribution in [1.82, 2.24) is 0 Å². The van der Waals surface area contributed by atoms with Crippen molar-refractivity contribution in [3.05, 3.63) is 117 Å². The zero-order valence-electron chi connectivity index (χ0n) is 18.8. The third kappa shape index (κ3) is 5.18. The number of hydrogen-bond donors (Lipinski definition) is 0. The lowest BCUT2D eigenvalue weighted by Crippen LogP contribution is -2.03. The van der Waals surface area contributed by atoms with Crippen molar-refractivity contribution < 1.29 is 19.2 Å². The number of nitriles is 1. The molecule has 0 atom stereocenters. The predicted octanol–water partition coefficient (Wildman–Crippen LogP) is 6.13. The van der Waals surface area contributed by atoms with Crippen molar-refractivity contribution in [3.8, 4) is 17.6 Å². The van der Waals surface area contributed by atoms with Crippen LogP contribution in [0.15, 0.2) is 90.5 Å². The van der Waals surface area contributed by atoms with Gasteiger partial charge in [0.1, 0.15) is 18.2 Å². The highest BCUT2D eigenvalue weighted by molar-refractivity contribution is 6.14. The summed E-state index contributed by atoms with van der Waals surface area (Å²) in [7, 11) is 1.51. The molecule has 0 aliphatic rings. The molecule has 0 saturated heterocycles. The fraction of sp³-hybridized carbons (Fsp3) is 0.0714. The molecule has 0 spiro atoms. The third-order valence-corrected chi connectivity index (χ3v) is 5.45. The number of carbonyl (C=O) groups excluding carboxylic acids is 1. The number of carbonyl (C=O) groups is 1. The second kappa shape index (κ2) is 10.3. The summed E-state index contributed by atoms with van der Waals surface area (Å²) in [6.45, 7) is 0.335. The fourth-order valence-electron chi connectivity index (χ4n) is 3.70. The molecule has 0 amide bonds. The highest BCUT2D eigenvalue weighted by atomic mass is 16.6. The monoisotopic (exact) mass is 464 g/mol. The van der Waals surface area contributed by atoms with E-state index in [4.69, 9.17) is 9.47 Å². The Labute approximate surface area is 201 Å². The molecule has 0 unspecified atom stereocenters. The van der Waals surface area contributed by atoms with Crippen LogP contribution in [0.4, 0.5) is 5.69 Å². The van der Waals surface area contributed by atoms with Crippen LogP contribution in [0.2, 0.25) is 0 Å². The predicted molar refractivity (Wildman–Crippen MR) is 132 cm³/mol. The number of fused-ring (bicyclic) bond motifs is 1. The molecule has 4 aromatic carbocycles. The number of ketones is 1. The Bertz CT molecular complexity index is 1500. The normalized spacial score (nSPS) is 11.0. The van der Waals surface area contributed by atoms with E-state index in [1.165, 1.54) is 31.4 Å². The maximum atomic E-state index is 12.8. The topological polar surface area (TPSA) is 102 Å². The van der Waals surface area contributed by atoms with Crippen LogP contribution in [0.5, 0.6) is 11.5 Å². The largest absolute Gasteiger partial charge is 0.493 e. The molecule has 0 radical (unpaired) electrons. The number of nitrogens with zero attached hydrogens (tertiary/aromatic N) is 2. The second-order valence-corrected chi connectivity index (χ2v) is 7.64. The lowest BCUT2D eigenvalue weighted by Gasteiger charge is -2.13. The summed E-state index contributed by atoms with van der Waals surface area (Å²) in [6, 6.07) is 26.3. The van der Waals surface area contributed by atoms with Crippen molar-refractivity contribution in [1.29, 1.82) is 5.26 Å². The number of methoxy groups -OCH3 is 1. The van der Waals surface area contributed by atoms with Crippen LogP contribution in [-0.4, -0.2) is 17.8 Å². The van der Waals surface area contributed by atoms with Crippen LogP contribution in [-0.2, 0) is 6.61 Å². The van der Waals surface area contributed by atoms with Crippen LogP contribution < -0.4 is 9.47 Å². The van der Waals surface area contributed by atoms with Crippen molar-refractivity contribution in [2.24, 2.45) is 0 Å². The summed E-state index contributed by atoms with van der Waals surface area (Å²) in [5, 5.41) is 22.8. The van der Waals surface area contributed by atoms with Crippen LogP contribution in [0.1, 0.15) is 21.5 Å². The molecule has 0 heterocycles. The van der Waals surface area contributed by atoms with Gasteiger partial charge in [-0.2, -0.15) is 5.26 Å². The smallest absolute Gasteiger partial charge is 0.270 e. The lowest BCUT2D eigenvalue weighted by atomic mass is 10.0. The van der Waals surface area contributed by atoms with Gasteiger partial charge in [0.2, 0.25) is 5.78 Å². The van der Waals surface area contributed by atoms with E-state index in [1.54, 1.807) is 18.2 Å². The summed E-state index contributed by atoms with van der Waals surface area (Å²) in [6.07, 6.45) is 1.41. The Morgan fingerprint density at radius 2 is 1.77 bits per heavy atom. The van der Waals surface area contributed by atoms with Crippen LogP contribution >= 0.6 is 0 Å². The molecule has 172 valence electrons. The minimum atomic E-state index is -0.605. The minimum Gasteiger partial charge on any atom is -0.493 e. The quantitative estimate of drug-likeness (QED) is 0.102. The van der Waals surface area contributed by atoms with E-state index >= 15 is 0 Å². The summed E-state index contributed by atoms with van der Waals surface area (Å²) < 4.78 is 11.5. The van der Waals surface area contributed by atoms with Gasteiger partial charge in [0.25, 0.3) is 5.69 Å². The first-order valence-corrected chi connectivity index (χ1v) is 10.7. The molecule has 0 aliphatic carbocycles. The highest BCUT2D eigenvalue weighted by Gasteiger charge is 2.16. The molecule has 0 N–H and O–H groups in total. The SMILES string of the molecule is COc1cc(/C=C(\C#N)C(=O)c2cccc([N+](=O)[O-])c2)ccc1OCc1cccc2ccccc12. The number of rotatable bonds is 8. The van der Waals surface area contributed by atoms with Crippen LogP contribution in [0, 0.1) is 21.4 Å². The number of non-ortho nitro benzene ring substituents is 1. The Hall–Kier alpha value is -4.96. The maximum absolute atomic E-state index is 12.8. The zero-order chi connectivity index (χ0) is 24.8. The molecular formula is C28H20N2O5. The Balaban J connectivity index is 1.57. The number of benzene rings is 4. The average Bonchev–Trinajstić information content (AvgIpc) is 2.90. The van der Waals surface area contributed by atoms with Gasteiger partial charge in [0.05, 0.1) is 12.0 Å². The van der Waals surface area contributed by atoms with E-state index < -0.39 is 10.7 Å². The molecule has 0 bridgehead atoms. The number of ether oxygens (including phenoxy) is 2. The van der Waals surface area contributed by atoms with Gasteiger partial charge in [0.15, 0.2) is 11.5 Å². The number of Topliss-reactive ketones (excluding diaryl/α,β-unsaturated/α-hetero) is 1. The van der Waals surface area contributed by atoms with E-state index in [2.05, 4.69) is 0 Å². The molecular weight excluding hydrogens is 444 g/mol. The van der Waals surface area contributed by atoms with Gasteiger partial charge in [-0.25, -0.2) is 0 Å². The number of nitro groups is 1. The molecule has 35 heavy (non-hydrogen) atoms. The second-order valence-electron chi connectivity index (χ2n) is 7.64. The number of allylic oxidation sites excluding steroid dienone is 1. The molecule has 0 aliphatic heterocycles. The molecule has 0 saturated carbocycles. The number of nitro benzene ring substituents is 1. The van der Waals surface area contributed by atoms with E-state index in [9.17, 15) is 20.2 Å². The minimum absolute atomic E-state index is 0.0639. The fourth-order valence-corrected chi connectivity index (χ4v) is 3.70. The van der Waals surface area contributed by atoms with Gasteiger partial charge >= 0.3 is 0 Å². The van der Waals surface area contributed by atoms with Crippen molar-refractivity contribution in [2.45, 2.75) is 6.61 Å². The lowest BCUT2D eigenvalue weighted by molar-refractivity contribution is -0.384. The van der Waals surface area contributed by atoms with E-state index in [1.807, 2.05) is 48.5 Å². The average molecular weight is 464 g/mol. The molecule has 7 nitrogen and oxygen atoms in total. The first-order valence-electron chi connectivity index (χ1n) is 10.7. The Morgan fingerprint density at radius 1 is 1.00 bits per heavy atom. The van der Waals surface area contributed by atoms with Gasteiger partial charge in [-0.1, -0.05) is 60.7 Å². The van der Waals surface area contributed by atoms with Crippen molar-refractivity contribution >= 4 is 28.3 Å². The maximum Gasteiger partial charge on any atom is 0.270 e. The van der Waals surface area contributed by atoms with E-state index in [0.29, 0.717) is 23.7 Å². The Morgan fingerprint density at radius 3 is 2.54 bits per heavy atom.